The van der Waals surface area contributed by atoms with Gasteiger partial charge in [0.05, 0.1) is 5.69 Å². The highest BCUT2D eigenvalue weighted by Crippen LogP contribution is 2.30. The lowest BCUT2D eigenvalue weighted by atomic mass is 10.1. The molecule has 0 aliphatic heterocycles. The fraction of sp³-hybridized carbons (Fsp3) is 0.120. The molecule has 0 aliphatic rings. The predicted molar refractivity (Wildman–Crippen MR) is 123 cm³/mol. The SMILES string of the molecule is CCn1c2ccccc2c2cc(/C=C/C(=O)Nc3ccc(F)c(NC(C)=O)c3)ccc21. The molecule has 156 valence electrons. The summed E-state index contributed by atoms with van der Waals surface area (Å²) in [7, 11) is 0. The van der Waals surface area contributed by atoms with Crippen LogP contribution in [0.25, 0.3) is 27.9 Å². The summed E-state index contributed by atoms with van der Waals surface area (Å²) in [5, 5.41) is 7.40. The van der Waals surface area contributed by atoms with E-state index in [1.165, 1.54) is 42.1 Å². The molecule has 4 aromatic rings. The van der Waals surface area contributed by atoms with E-state index in [9.17, 15) is 14.0 Å². The third-order valence-electron chi connectivity index (χ3n) is 5.08. The van der Waals surface area contributed by atoms with Gasteiger partial charge < -0.3 is 15.2 Å². The molecule has 0 bridgehead atoms. The van der Waals surface area contributed by atoms with Crippen LogP contribution in [-0.4, -0.2) is 16.4 Å². The number of amides is 2. The van der Waals surface area contributed by atoms with Crippen molar-refractivity contribution in [2.24, 2.45) is 0 Å². The highest BCUT2D eigenvalue weighted by Gasteiger charge is 2.09. The van der Waals surface area contributed by atoms with Gasteiger partial charge in [-0.15, -0.1) is 0 Å². The van der Waals surface area contributed by atoms with Gasteiger partial charge in [0.25, 0.3) is 0 Å². The van der Waals surface area contributed by atoms with Crippen LogP contribution in [-0.2, 0) is 16.1 Å². The zero-order chi connectivity index (χ0) is 22.0. The van der Waals surface area contributed by atoms with Crippen LogP contribution in [0, 0.1) is 5.82 Å². The molecule has 2 amide bonds. The van der Waals surface area contributed by atoms with E-state index in [0.29, 0.717) is 5.69 Å². The van der Waals surface area contributed by atoms with E-state index in [2.05, 4.69) is 46.4 Å². The number of aromatic nitrogens is 1. The third kappa shape index (κ3) is 4.19. The number of hydrogen-bond acceptors (Lipinski definition) is 2. The fourth-order valence-electron chi connectivity index (χ4n) is 3.76. The highest BCUT2D eigenvalue weighted by molar-refractivity contribution is 6.09. The molecule has 0 fully saturated rings. The number of para-hydroxylation sites is 1. The van der Waals surface area contributed by atoms with E-state index in [1.807, 2.05) is 18.2 Å². The van der Waals surface area contributed by atoms with Gasteiger partial charge in [0.1, 0.15) is 5.82 Å². The number of halogens is 1. The Balaban J connectivity index is 1.56. The summed E-state index contributed by atoms with van der Waals surface area (Å²) in [5.74, 6) is -1.30. The van der Waals surface area contributed by atoms with Gasteiger partial charge in [-0.05, 0) is 55.0 Å². The molecule has 2 N–H and O–H groups in total. The molecular formula is C25H22FN3O2. The van der Waals surface area contributed by atoms with Crippen LogP contribution in [0.3, 0.4) is 0 Å². The number of anilines is 2. The van der Waals surface area contributed by atoms with E-state index in [-0.39, 0.29) is 17.5 Å². The van der Waals surface area contributed by atoms with Gasteiger partial charge in [0, 0.05) is 47.0 Å². The van der Waals surface area contributed by atoms with Crippen molar-refractivity contribution < 1.29 is 14.0 Å². The van der Waals surface area contributed by atoms with Crippen LogP contribution in [0.5, 0.6) is 0 Å². The van der Waals surface area contributed by atoms with Crippen molar-refractivity contribution in [3.63, 3.8) is 0 Å². The summed E-state index contributed by atoms with van der Waals surface area (Å²) in [6.45, 7) is 4.29. The summed E-state index contributed by atoms with van der Waals surface area (Å²) >= 11 is 0. The Hall–Kier alpha value is -3.93. The molecule has 0 unspecified atom stereocenters. The third-order valence-corrected chi connectivity index (χ3v) is 5.08. The van der Waals surface area contributed by atoms with E-state index in [0.717, 1.165) is 23.0 Å². The Morgan fingerprint density at radius 1 is 0.968 bits per heavy atom. The topological polar surface area (TPSA) is 63.1 Å². The number of aryl methyl sites for hydroxylation is 1. The largest absolute Gasteiger partial charge is 0.341 e. The molecule has 1 aromatic heterocycles. The second kappa shape index (κ2) is 8.44. The first kappa shape index (κ1) is 20.3. The zero-order valence-electron chi connectivity index (χ0n) is 17.3. The number of rotatable bonds is 5. The van der Waals surface area contributed by atoms with Crippen molar-refractivity contribution >= 4 is 51.1 Å². The Labute approximate surface area is 179 Å². The molecule has 6 heteroatoms. The zero-order valence-corrected chi connectivity index (χ0v) is 17.3. The molecule has 0 spiro atoms. The number of nitrogens with one attached hydrogen (secondary N) is 2. The van der Waals surface area contributed by atoms with Gasteiger partial charge in [-0.1, -0.05) is 24.3 Å². The minimum Gasteiger partial charge on any atom is -0.341 e. The molecule has 1 heterocycles. The Kier molecular flexibility index (Phi) is 5.54. The summed E-state index contributed by atoms with van der Waals surface area (Å²) < 4.78 is 16.0. The fourth-order valence-corrected chi connectivity index (χ4v) is 3.76. The Morgan fingerprint density at radius 3 is 2.52 bits per heavy atom. The average molecular weight is 415 g/mol. The number of nitrogens with zero attached hydrogens (tertiary/aromatic N) is 1. The Bertz CT molecular complexity index is 1340. The second-order valence-electron chi connectivity index (χ2n) is 7.24. The second-order valence-corrected chi connectivity index (χ2v) is 7.24. The molecule has 5 nitrogen and oxygen atoms in total. The van der Waals surface area contributed by atoms with Gasteiger partial charge in [0.2, 0.25) is 11.8 Å². The van der Waals surface area contributed by atoms with Crippen LogP contribution in [0.2, 0.25) is 0 Å². The molecule has 0 saturated heterocycles. The van der Waals surface area contributed by atoms with Crippen molar-refractivity contribution in [2.75, 3.05) is 10.6 Å². The van der Waals surface area contributed by atoms with E-state index < -0.39 is 5.82 Å². The van der Waals surface area contributed by atoms with Gasteiger partial charge in [-0.3, -0.25) is 9.59 Å². The quantitative estimate of drug-likeness (QED) is 0.419. The molecule has 0 atom stereocenters. The number of fused-ring (bicyclic) bond motifs is 3. The van der Waals surface area contributed by atoms with Crippen LogP contribution in [0.4, 0.5) is 15.8 Å². The maximum absolute atomic E-state index is 13.8. The standard InChI is InChI=1S/C25H22FN3O2/c1-3-29-23-7-5-4-6-19(23)20-14-17(8-12-24(20)29)9-13-25(31)28-18-10-11-21(26)22(15-18)27-16(2)30/h4-15H,3H2,1-2H3,(H,27,30)(H,28,31)/b13-9+. The molecule has 31 heavy (non-hydrogen) atoms. The maximum Gasteiger partial charge on any atom is 0.248 e. The smallest absolute Gasteiger partial charge is 0.248 e. The predicted octanol–water partition coefficient (Wildman–Crippen LogP) is 5.56. The van der Waals surface area contributed by atoms with Crippen molar-refractivity contribution in [3.05, 3.63) is 78.1 Å². The van der Waals surface area contributed by atoms with E-state index in [1.54, 1.807) is 6.08 Å². The minimum atomic E-state index is -0.566. The number of carbonyl (C=O) groups is 2. The first-order valence-electron chi connectivity index (χ1n) is 10.0. The van der Waals surface area contributed by atoms with Crippen LogP contribution >= 0.6 is 0 Å². The molecule has 3 aromatic carbocycles. The average Bonchev–Trinajstić information content (AvgIpc) is 3.07. The normalized spacial score (nSPS) is 11.3. The van der Waals surface area contributed by atoms with Crippen LogP contribution in [0.15, 0.2) is 66.7 Å². The molecular weight excluding hydrogens is 393 g/mol. The number of carbonyl (C=O) groups excluding carboxylic acids is 2. The maximum atomic E-state index is 13.8. The van der Waals surface area contributed by atoms with Crippen LogP contribution < -0.4 is 10.6 Å². The summed E-state index contributed by atoms with van der Waals surface area (Å²) in [6, 6.07) is 18.4. The lowest BCUT2D eigenvalue weighted by molar-refractivity contribution is -0.114. The highest BCUT2D eigenvalue weighted by atomic mass is 19.1. The van der Waals surface area contributed by atoms with Gasteiger partial charge in [-0.25, -0.2) is 4.39 Å². The Morgan fingerprint density at radius 2 is 1.74 bits per heavy atom. The summed E-state index contributed by atoms with van der Waals surface area (Å²) in [5.41, 5.74) is 3.65. The van der Waals surface area contributed by atoms with E-state index in [4.69, 9.17) is 0 Å². The number of hydrogen-bond donors (Lipinski definition) is 2. The molecule has 0 saturated carbocycles. The monoisotopic (exact) mass is 415 g/mol. The molecule has 4 rings (SSSR count). The number of benzene rings is 3. The minimum absolute atomic E-state index is 0.0204. The van der Waals surface area contributed by atoms with E-state index >= 15 is 0 Å². The van der Waals surface area contributed by atoms with Gasteiger partial charge in [0.15, 0.2) is 0 Å². The summed E-state index contributed by atoms with van der Waals surface area (Å²) in [6.07, 6.45) is 3.17. The van der Waals surface area contributed by atoms with Crippen molar-refractivity contribution in [2.45, 2.75) is 20.4 Å². The van der Waals surface area contributed by atoms with Gasteiger partial charge in [-0.2, -0.15) is 0 Å². The molecule has 0 aliphatic carbocycles. The van der Waals surface area contributed by atoms with Crippen molar-refractivity contribution in [1.82, 2.24) is 4.57 Å². The van der Waals surface area contributed by atoms with Gasteiger partial charge >= 0.3 is 0 Å². The first-order chi connectivity index (χ1) is 15.0. The van der Waals surface area contributed by atoms with Crippen molar-refractivity contribution in [3.8, 4) is 0 Å². The molecule has 0 radical (unpaired) electrons. The van der Waals surface area contributed by atoms with Crippen LogP contribution in [0.1, 0.15) is 19.4 Å². The first-order valence-corrected chi connectivity index (χ1v) is 10.0. The summed E-state index contributed by atoms with van der Waals surface area (Å²) in [4.78, 5) is 23.5. The van der Waals surface area contributed by atoms with Crippen molar-refractivity contribution in [1.29, 1.82) is 0 Å². The lowest BCUT2D eigenvalue weighted by Gasteiger charge is -2.07. The lowest BCUT2D eigenvalue weighted by Crippen LogP contribution is -2.10.